The topological polar surface area (TPSA) is 72.6 Å². The second-order valence-corrected chi connectivity index (χ2v) is 4.12. The lowest BCUT2D eigenvalue weighted by atomic mass is 10.1. The number of ether oxygens (including phenoxy) is 1. The van der Waals surface area contributed by atoms with E-state index in [0.717, 1.165) is 9.13 Å². The van der Waals surface area contributed by atoms with Crippen molar-refractivity contribution < 1.29 is 14.6 Å². The number of halogens is 1. The predicted octanol–water partition coefficient (Wildman–Crippen LogP) is 1.81. The van der Waals surface area contributed by atoms with Crippen LogP contribution in [0.5, 0.6) is 0 Å². The summed E-state index contributed by atoms with van der Waals surface area (Å²) < 4.78 is 5.91. The normalized spacial score (nSPS) is 12.1. The number of primary amides is 1. The molecule has 15 heavy (non-hydrogen) atoms. The molecule has 0 bridgehead atoms. The highest BCUT2D eigenvalue weighted by atomic mass is 127. The highest BCUT2D eigenvalue weighted by Gasteiger charge is 2.16. The molecule has 0 saturated heterocycles. The van der Waals surface area contributed by atoms with Crippen molar-refractivity contribution in [3.05, 3.63) is 33.4 Å². The molecule has 0 saturated carbocycles. The van der Waals surface area contributed by atoms with E-state index in [4.69, 9.17) is 15.6 Å². The average molecular weight is 321 g/mol. The van der Waals surface area contributed by atoms with Gasteiger partial charge in [-0.15, -0.1) is 0 Å². The summed E-state index contributed by atoms with van der Waals surface area (Å²) in [4.78, 5) is 10.7. The van der Waals surface area contributed by atoms with Crippen molar-refractivity contribution in [1.82, 2.24) is 0 Å². The van der Waals surface area contributed by atoms with E-state index in [-0.39, 0.29) is 6.61 Å². The Morgan fingerprint density at radius 1 is 1.53 bits per heavy atom. The van der Waals surface area contributed by atoms with Gasteiger partial charge in [-0.3, -0.25) is 0 Å². The molecule has 0 aliphatic rings. The van der Waals surface area contributed by atoms with E-state index < -0.39 is 12.2 Å². The third-order valence-corrected chi connectivity index (χ3v) is 2.88. The Kier molecular flexibility index (Phi) is 4.83. The summed E-state index contributed by atoms with van der Waals surface area (Å²) >= 11 is 2.15. The number of hydrogen-bond donors (Lipinski definition) is 2. The molecule has 1 amide bonds. The van der Waals surface area contributed by atoms with Crippen molar-refractivity contribution in [3.8, 4) is 0 Å². The Bertz CT molecular complexity index is 343. The van der Waals surface area contributed by atoms with Gasteiger partial charge in [-0.25, -0.2) is 4.79 Å². The molecule has 0 aliphatic carbocycles. The first kappa shape index (κ1) is 12.3. The van der Waals surface area contributed by atoms with Gasteiger partial charge in [-0.05, 0) is 28.7 Å². The van der Waals surface area contributed by atoms with Gasteiger partial charge in [0.1, 0.15) is 6.10 Å². The highest BCUT2D eigenvalue weighted by Crippen LogP contribution is 2.25. The molecule has 0 heterocycles. The number of aliphatic hydroxyl groups is 1. The molecule has 82 valence electrons. The zero-order chi connectivity index (χ0) is 11.3. The lowest BCUT2D eigenvalue weighted by Crippen LogP contribution is -2.18. The van der Waals surface area contributed by atoms with Crippen LogP contribution in [0.3, 0.4) is 0 Å². The third-order valence-electron chi connectivity index (χ3n) is 1.90. The van der Waals surface area contributed by atoms with E-state index in [0.29, 0.717) is 6.42 Å². The Morgan fingerprint density at radius 2 is 2.20 bits per heavy atom. The van der Waals surface area contributed by atoms with Gasteiger partial charge in [0.2, 0.25) is 0 Å². The standard InChI is InChI=1S/C10H12INO3/c11-8-4-2-1-3-7(8)9(5-6-13)15-10(12)14/h1-4,9,13H,5-6H2,(H2,12,14)/t9-/m0/s1. The number of nitrogens with two attached hydrogens (primary N) is 1. The Hall–Kier alpha value is -0.820. The minimum Gasteiger partial charge on any atom is -0.441 e. The Labute approximate surface area is 102 Å². The maximum absolute atomic E-state index is 10.7. The van der Waals surface area contributed by atoms with Crippen LogP contribution >= 0.6 is 22.6 Å². The van der Waals surface area contributed by atoms with Crippen LogP contribution in [0.15, 0.2) is 24.3 Å². The minimum atomic E-state index is -0.826. The molecule has 1 rings (SSSR count). The van der Waals surface area contributed by atoms with Crippen LogP contribution in [0.4, 0.5) is 4.79 Å². The number of carbonyl (C=O) groups is 1. The van der Waals surface area contributed by atoms with E-state index >= 15 is 0 Å². The Morgan fingerprint density at radius 3 is 2.73 bits per heavy atom. The van der Waals surface area contributed by atoms with Gasteiger partial charge >= 0.3 is 6.09 Å². The van der Waals surface area contributed by atoms with Gasteiger partial charge in [0.05, 0.1) is 0 Å². The van der Waals surface area contributed by atoms with Crippen LogP contribution < -0.4 is 5.73 Å². The first-order valence-electron chi connectivity index (χ1n) is 4.46. The van der Waals surface area contributed by atoms with Crippen LogP contribution in [0.2, 0.25) is 0 Å². The molecule has 1 aromatic carbocycles. The van der Waals surface area contributed by atoms with Gasteiger partial charge in [0.15, 0.2) is 0 Å². The number of carbonyl (C=O) groups excluding carboxylic acids is 1. The van der Waals surface area contributed by atoms with E-state index in [1.54, 1.807) is 0 Å². The van der Waals surface area contributed by atoms with Crippen molar-refractivity contribution in [2.45, 2.75) is 12.5 Å². The molecule has 1 atom stereocenters. The molecule has 1 aromatic rings. The van der Waals surface area contributed by atoms with Gasteiger partial charge in [0.25, 0.3) is 0 Å². The van der Waals surface area contributed by atoms with Crippen LogP contribution in [-0.2, 0) is 4.74 Å². The van der Waals surface area contributed by atoms with Gasteiger partial charge in [0, 0.05) is 22.2 Å². The lowest BCUT2D eigenvalue weighted by Gasteiger charge is -2.17. The molecule has 5 heteroatoms. The molecule has 0 aromatic heterocycles. The maximum Gasteiger partial charge on any atom is 0.405 e. The second-order valence-electron chi connectivity index (χ2n) is 2.96. The molecule has 3 N–H and O–H groups in total. The summed E-state index contributed by atoms with van der Waals surface area (Å²) in [7, 11) is 0. The largest absolute Gasteiger partial charge is 0.441 e. The predicted molar refractivity (Wildman–Crippen MR) is 64.3 cm³/mol. The molecule has 0 aliphatic heterocycles. The zero-order valence-corrected chi connectivity index (χ0v) is 10.2. The lowest BCUT2D eigenvalue weighted by molar-refractivity contribution is 0.0873. The quantitative estimate of drug-likeness (QED) is 0.831. The van der Waals surface area contributed by atoms with E-state index in [1.165, 1.54) is 0 Å². The molecule has 0 spiro atoms. The van der Waals surface area contributed by atoms with Crippen molar-refractivity contribution >= 4 is 28.7 Å². The molecular weight excluding hydrogens is 309 g/mol. The summed E-state index contributed by atoms with van der Waals surface area (Å²) in [5.74, 6) is 0. The third kappa shape index (κ3) is 3.67. The monoisotopic (exact) mass is 321 g/mol. The van der Waals surface area contributed by atoms with Gasteiger partial charge < -0.3 is 15.6 Å². The number of rotatable bonds is 4. The summed E-state index contributed by atoms with van der Waals surface area (Å²) in [5.41, 5.74) is 5.83. The van der Waals surface area contributed by atoms with Crippen LogP contribution in [0.25, 0.3) is 0 Å². The minimum absolute atomic E-state index is 0.0527. The van der Waals surface area contributed by atoms with Crippen LogP contribution in [0, 0.1) is 3.57 Å². The maximum atomic E-state index is 10.7. The van der Waals surface area contributed by atoms with Crippen LogP contribution in [-0.4, -0.2) is 17.8 Å². The van der Waals surface area contributed by atoms with E-state index in [9.17, 15) is 4.79 Å². The fourth-order valence-corrected chi connectivity index (χ4v) is 2.01. The van der Waals surface area contributed by atoms with Crippen molar-refractivity contribution in [1.29, 1.82) is 0 Å². The molecule has 0 unspecified atom stereocenters. The smallest absolute Gasteiger partial charge is 0.405 e. The molecular formula is C10H12INO3. The summed E-state index contributed by atoms with van der Waals surface area (Å²) in [6.07, 6.45) is -0.947. The van der Waals surface area contributed by atoms with E-state index in [2.05, 4.69) is 22.6 Å². The SMILES string of the molecule is NC(=O)O[C@@H](CCO)c1ccccc1I. The van der Waals surface area contributed by atoms with Crippen molar-refractivity contribution in [2.24, 2.45) is 5.73 Å². The zero-order valence-electron chi connectivity index (χ0n) is 8.02. The number of hydrogen-bond acceptors (Lipinski definition) is 3. The molecule has 0 radical (unpaired) electrons. The molecule has 0 fully saturated rings. The summed E-state index contributed by atoms with van der Waals surface area (Å²) in [6, 6.07) is 7.51. The Balaban J connectivity index is 2.88. The number of amides is 1. The fourth-order valence-electron chi connectivity index (χ4n) is 1.27. The first-order chi connectivity index (χ1) is 7.15. The number of aliphatic hydroxyl groups excluding tert-OH is 1. The second kappa shape index (κ2) is 5.92. The van der Waals surface area contributed by atoms with E-state index in [1.807, 2.05) is 24.3 Å². The highest BCUT2D eigenvalue weighted by molar-refractivity contribution is 14.1. The summed E-state index contributed by atoms with van der Waals surface area (Å²) in [6.45, 7) is -0.0527. The first-order valence-corrected chi connectivity index (χ1v) is 5.54. The van der Waals surface area contributed by atoms with Crippen molar-refractivity contribution in [2.75, 3.05) is 6.61 Å². The van der Waals surface area contributed by atoms with Gasteiger partial charge in [-0.2, -0.15) is 0 Å². The van der Waals surface area contributed by atoms with Gasteiger partial charge in [-0.1, -0.05) is 18.2 Å². The molecule has 4 nitrogen and oxygen atoms in total. The van der Waals surface area contributed by atoms with Crippen molar-refractivity contribution in [3.63, 3.8) is 0 Å². The average Bonchev–Trinajstić information content (AvgIpc) is 2.17. The number of benzene rings is 1. The fraction of sp³-hybridized carbons (Fsp3) is 0.300. The van der Waals surface area contributed by atoms with Crippen LogP contribution in [0.1, 0.15) is 18.1 Å². The summed E-state index contributed by atoms with van der Waals surface area (Å²) in [5, 5.41) is 8.87.